The molecule has 0 aliphatic rings. The van der Waals surface area contributed by atoms with Crippen molar-refractivity contribution in [3.8, 4) is 22.3 Å². The molecule has 0 radical (unpaired) electrons. The molecule has 0 spiro atoms. The van der Waals surface area contributed by atoms with Gasteiger partial charge in [0, 0.05) is 0 Å². The van der Waals surface area contributed by atoms with Gasteiger partial charge in [-0.2, -0.15) is 24.3 Å². The summed E-state index contributed by atoms with van der Waals surface area (Å²) < 4.78 is 0. The molecule has 114 valence electrons. The fourth-order valence-corrected chi connectivity index (χ4v) is 2.39. The third-order valence-corrected chi connectivity index (χ3v) is 3.54. The van der Waals surface area contributed by atoms with Crippen LogP contribution in [0.15, 0.2) is 109 Å². The molecule has 0 fully saturated rings. The molecular formula is C22H18Os. The van der Waals surface area contributed by atoms with E-state index in [4.69, 9.17) is 0 Å². The van der Waals surface area contributed by atoms with Gasteiger partial charge in [0.25, 0.3) is 0 Å². The van der Waals surface area contributed by atoms with Gasteiger partial charge in [0.2, 0.25) is 0 Å². The van der Waals surface area contributed by atoms with E-state index >= 15 is 0 Å². The summed E-state index contributed by atoms with van der Waals surface area (Å²) in [7, 11) is 0. The minimum Gasteiger partial charge on any atom is -0.152 e. The van der Waals surface area contributed by atoms with Gasteiger partial charge >= 0.3 is 19.8 Å². The molecule has 0 atom stereocenters. The van der Waals surface area contributed by atoms with Crippen LogP contribution < -0.4 is 0 Å². The molecule has 0 saturated carbocycles. The molecule has 0 heterocycles. The summed E-state index contributed by atoms with van der Waals surface area (Å²) in [5, 5.41) is 0. The first-order valence-corrected chi connectivity index (χ1v) is 7.48. The fraction of sp³-hybridized carbons (Fsp3) is 0. The van der Waals surface area contributed by atoms with Crippen molar-refractivity contribution in [1.82, 2.24) is 0 Å². The van der Waals surface area contributed by atoms with E-state index in [0.29, 0.717) is 0 Å². The van der Waals surface area contributed by atoms with Gasteiger partial charge in [-0.05, 0) is 0 Å². The normalized spacial score (nSPS) is 9.39. The Balaban J connectivity index is 0.000000160. The third-order valence-electron chi connectivity index (χ3n) is 3.54. The summed E-state index contributed by atoms with van der Waals surface area (Å²) in [6.45, 7) is 0. The maximum Gasteiger partial charge on any atom is 2.00 e. The van der Waals surface area contributed by atoms with Crippen LogP contribution >= 0.6 is 0 Å². The van der Waals surface area contributed by atoms with Crippen molar-refractivity contribution in [2.75, 3.05) is 0 Å². The smallest absolute Gasteiger partial charge is 0.152 e. The summed E-state index contributed by atoms with van der Waals surface area (Å²) in [4.78, 5) is 0. The van der Waals surface area contributed by atoms with Crippen molar-refractivity contribution >= 4 is 0 Å². The van der Waals surface area contributed by atoms with E-state index < -0.39 is 0 Å². The van der Waals surface area contributed by atoms with Crippen LogP contribution in [0, 0.1) is 0 Å². The zero-order valence-electron chi connectivity index (χ0n) is 12.7. The predicted molar refractivity (Wildman–Crippen MR) is 94.9 cm³/mol. The standard InChI is InChI=1S/2C11H9.Os/c2*1-2-6-10(7-3-1)11-8-4-5-9-11;/h2*1-9H;/q2*-1;+2. The van der Waals surface area contributed by atoms with Crippen molar-refractivity contribution in [3.63, 3.8) is 0 Å². The van der Waals surface area contributed by atoms with Gasteiger partial charge in [-0.25, -0.2) is 0 Å². The largest absolute Gasteiger partial charge is 2.00 e. The Hall–Kier alpha value is -2.22. The van der Waals surface area contributed by atoms with Gasteiger partial charge in [-0.1, -0.05) is 47.5 Å². The molecule has 0 bridgehead atoms. The summed E-state index contributed by atoms with van der Waals surface area (Å²) in [6, 6.07) is 37.5. The topological polar surface area (TPSA) is 0 Å². The van der Waals surface area contributed by atoms with Gasteiger partial charge in [0.1, 0.15) is 0 Å². The Morgan fingerprint density at radius 3 is 1.00 bits per heavy atom. The monoisotopic (exact) mass is 474 g/mol. The van der Waals surface area contributed by atoms with Gasteiger partial charge < -0.3 is 0 Å². The molecule has 0 aliphatic carbocycles. The van der Waals surface area contributed by atoms with Crippen LogP contribution in [0.3, 0.4) is 0 Å². The Labute approximate surface area is 151 Å². The van der Waals surface area contributed by atoms with Crippen molar-refractivity contribution in [3.05, 3.63) is 109 Å². The number of rotatable bonds is 2. The van der Waals surface area contributed by atoms with Crippen molar-refractivity contribution in [1.29, 1.82) is 0 Å². The van der Waals surface area contributed by atoms with Crippen LogP contribution in [0.2, 0.25) is 0 Å². The van der Waals surface area contributed by atoms with E-state index in [1.54, 1.807) is 0 Å². The molecule has 4 aromatic rings. The van der Waals surface area contributed by atoms with Gasteiger partial charge in [-0.15, -0.1) is 59.7 Å². The molecule has 0 amide bonds. The maximum atomic E-state index is 2.12. The number of benzene rings is 2. The zero-order chi connectivity index (χ0) is 15.0. The summed E-state index contributed by atoms with van der Waals surface area (Å²) in [6.07, 6.45) is 0. The second-order valence-electron chi connectivity index (χ2n) is 5.08. The van der Waals surface area contributed by atoms with Crippen LogP contribution in [0.5, 0.6) is 0 Å². The van der Waals surface area contributed by atoms with Crippen LogP contribution in [0.4, 0.5) is 0 Å². The quantitative estimate of drug-likeness (QED) is 0.307. The molecule has 0 aromatic heterocycles. The average molecular weight is 473 g/mol. The molecule has 0 unspecified atom stereocenters. The van der Waals surface area contributed by atoms with E-state index in [1.165, 1.54) is 22.3 Å². The van der Waals surface area contributed by atoms with Gasteiger partial charge in [-0.3, -0.25) is 0 Å². The molecule has 4 aromatic carbocycles. The second kappa shape index (κ2) is 9.04. The van der Waals surface area contributed by atoms with Gasteiger partial charge in [0.15, 0.2) is 0 Å². The molecule has 23 heavy (non-hydrogen) atoms. The molecule has 0 saturated heterocycles. The van der Waals surface area contributed by atoms with Gasteiger partial charge in [0.05, 0.1) is 0 Å². The van der Waals surface area contributed by atoms with E-state index in [9.17, 15) is 0 Å². The first-order chi connectivity index (χ1) is 10.9. The third kappa shape index (κ3) is 4.88. The van der Waals surface area contributed by atoms with E-state index in [1.807, 2.05) is 12.1 Å². The average Bonchev–Trinajstić information content (AvgIpc) is 3.31. The molecule has 1 heteroatoms. The Bertz CT molecular complexity index is 682. The van der Waals surface area contributed by atoms with E-state index in [0.717, 1.165) is 0 Å². The SMILES string of the molecule is [Os+2].c1ccc(-[c-]2cccc2)cc1.c1ccc(-[c-]2cccc2)cc1. The summed E-state index contributed by atoms with van der Waals surface area (Å²) in [5.41, 5.74) is 5.17. The maximum absolute atomic E-state index is 2.12. The van der Waals surface area contributed by atoms with Crippen LogP contribution in [-0.4, -0.2) is 0 Å². The minimum absolute atomic E-state index is 0. The summed E-state index contributed by atoms with van der Waals surface area (Å²) in [5.74, 6) is 0. The Kier molecular flexibility index (Phi) is 6.73. The molecule has 4 rings (SSSR count). The van der Waals surface area contributed by atoms with Crippen molar-refractivity contribution in [2.45, 2.75) is 0 Å². The van der Waals surface area contributed by atoms with Crippen LogP contribution in [0.25, 0.3) is 22.3 Å². The predicted octanol–water partition coefficient (Wildman–Crippen LogP) is 6.14. The molecule has 0 nitrogen and oxygen atoms in total. The molecule has 0 aliphatic heterocycles. The zero-order valence-corrected chi connectivity index (χ0v) is 15.3. The molecular weight excluding hydrogens is 454 g/mol. The number of hydrogen-bond donors (Lipinski definition) is 0. The van der Waals surface area contributed by atoms with Crippen LogP contribution in [-0.2, 0) is 19.8 Å². The Morgan fingerprint density at radius 1 is 0.391 bits per heavy atom. The van der Waals surface area contributed by atoms with Crippen molar-refractivity contribution in [2.24, 2.45) is 0 Å². The summed E-state index contributed by atoms with van der Waals surface area (Å²) >= 11 is 0. The number of hydrogen-bond acceptors (Lipinski definition) is 0. The first-order valence-electron chi connectivity index (χ1n) is 7.48. The minimum atomic E-state index is 0. The Morgan fingerprint density at radius 2 is 0.696 bits per heavy atom. The van der Waals surface area contributed by atoms with Crippen molar-refractivity contribution < 1.29 is 19.8 Å². The van der Waals surface area contributed by atoms with Crippen LogP contribution in [0.1, 0.15) is 0 Å². The van der Waals surface area contributed by atoms with E-state index in [-0.39, 0.29) is 19.8 Å². The fourth-order valence-electron chi connectivity index (χ4n) is 2.39. The first kappa shape index (κ1) is 17.1. The molecule has 0 N–H and O–H groups in total. The van der Waals surface area contributed by atoms with E-state index in [2.05, 4.69) is 97.1 Å². The second-order valence-corrected chi connectivity index (χ2v) is 5.08.